The van der Waals surface area contributed by atoms with E-state index >= 15 is 0 Å². The largest absolute Gasteiger partial charge is 0.508 e. The molecule has 1 unspecified atom stereocenters. The average Bonchev–Trinajstić information content (AvgIpc) is 2.37. The molecule has 0 radical (unpaired) electrons. The van der Waals surface area contributed by atoms with Gasteiger partial charge in [-0.15, -0.1) is 0 Å². The first-order valence-electron chi connectivity index (χ1n) is 6.81. The molecule has 7 heteroatoms. The molecule has 0 saturated carbocycles. The zero-order valence-corrected chi connectivity index (χ0v) is 12.8. The number of hydrogen-bond acceptors (Lipinski definition) is 5. The highest BCUT2D eigenvalue weighted by atomic mass is 32.2. The second kappa shape index (κ2) is 6.44. The molecule has 1 amide bonds. The molecular formula is C14H20N2O4S. The number of nitrogens with zero attached hydrogens (tertiary/aromatic N) is 1. The number of aromatic hydroxyl groups is 1. The molecule has 0 bridgehead atoms. The van der Waals surface area contributed by atoms with E-state index in [2.05, 4.69) is 5.32 Å². The van der Waals surface area contributed by atoms with Crippen molar-refractivity contribution in [3.8, 4) is 5.75 Å². The van der Waals surface area contributed by atoms with Gasteiger partial charge in [-0.25, -0.2) is 8.42 Å². The summed E-state index contributed by atoms with van der Waals surface area (Å²) in [7, 11) is -1.36. The van der Waals surface area contributed by atoms with Crippen molar-refractivity contribution in [2.75, 3.05) is 25.1 Å². The third-order valence-electron chi connectivity index (χ3n) is 3.48. The highest BCUT2D eigenvalue weighted by molar-refractivity contribution is 7.91. The molecule has 0 aromatic heterocycles. The molecule has 1 heterocycles. The van der Waals surface area contributed by atoms with Crippen LogP contribution in [0.25, 0.3) is 0 Å². The lowest BCUT2D eigenvalue weighted by Crippen LogP contribution is -2.47. The zero-order valence-electron chi connectivity index (χ0n) is 11.9. The summed E-state index contributed by atoms with van der Waals surface area (Å²) in [5.74, 6) is 0.191. The second-order valence-electron chi connectivity index (χ2n) is 5.39. The molecule has 1 fully saturated rings. The van der Waals surface area contributed by atoms with E-state index in [9.17, 15) is 18.3 Å². The standard InChI is InChI=1S/C14H20N2O4S/c1-16(9-11-3-2-4-13(17)7-11)14(18)8-12-10-21(19,20)6-5-15-12/h2-4,7,12,15,17H,5-6,8-10H2,1H3. The van der Waals surface area contributed by atoms with Crippen molar-refractivity contribution < 1.29 is 18.3 Å². The number of carbonyl (C=O) groups excluding carboxylic acids is 1. The van der Waals surface area contributed by atoms with Crippen LogP contribution in [0.4, 0.5) is 0 Å². The van der Waals surface area contributed by atoms with E-state index in [1.54, 1.807) is 25.2 Å². The predicted octanol–water partition coefficient (Wildman–Crippen LogP) is 0.127. The molecule has 1 aromatic carbocycles. The van der Waals surface area contributed by atoms with Gasteiger partial charge in [0.15, 0.2) is 9.84 Å². The number of carbonyl (C=O) groups is 1. The van der Waals surface area contributed by atoms with Gasteiger partial charge < -0.3 is 15.3 Å². The second-order valence-corrected chi connectivity index (χ2v) is 7.62. The van der Waals surface area contributed by atoms with Crippen LogP contribution in [0.3, 0.4) is 0 Å². The van der Waals surface area contributed by atoms with E-state index in [4.69, 9.17) is 0 Å². The lowest BCUT2D eigenvalue weighted by Gasteiger charge is -2.25. The molecule has 2 N–H and O–H groups in total. The zero-order chi connectivity index (χ0) is 15.5. The number of sulfone groups is 1. The van der Waals surface area contributed by atoms with Gasteiger partial charge in [0.2, 0.25) is 5.91 Å². The highest BCUT2D eigenvalue weighted by Gasteiger charge is 2.26. The molecule has 1 aromatic rings. The van der Waals surface area contributed by atoms with Gasteiger partial charge in [-0.2, -0.15) is 0 Å². The molecule has 1 saturated heterocycles. The van der Waals surface area contributed by atoms with Gasteiger partial charge >= 0.3 is 0 Å². The number of phenols is 1. The lowest BCUT2D eigenvalue weighted by molar-refractivity contribution is -0.130. The monoisotopic (exact) mass is 312 g/mol. The molecule has 2 rings (SSSR count). The van der Waals surface area contributed by atoms with Crippen molar-refractivity contribution in [3.63, 3.8) is 0 Å². The van der Waals surface area contributed by atoms with Crippen molar-refractivity contribution in [1.29, 1.82) is 0 Å². The van der Waals surface area contributed by atoms with E-state index in [0.29, 0.717) is 13.1 Å². The van der Waals surface area contributed by atoms with Gasteiger partial charge in [-0.05, 0) is 17.7 Å². The molecular weight excluding hydrogens is 292 g/mol. The van der Waals surface area contributed by atoms with Gasteiger partial charge in [0, 0.05) is 32.6 Å². The Morgan fingerprint density at radius 3 is 2.90 bits per heavy atom. The minimum absolute atomic E-state index is 0.0126. The number of hydrogen-bond donors (Lipinski definition) is 2. The van der Waals surface area contributed by atoms with Crippen LogP contribution >= 0.6 is 0 Å². The third kappa shape index (κ3) is 4.71. The number of rotatable bonds is 4. The summed E-state index contributed by atoms with van der Waals surface area (Å²) in [6, 6.07) is 6.41. The fourth-order valence-electron chi connectivity index (χ4n) is 2.38. The number of nitrogens with one attached hydrogen (secondary N) is 1. The summed E-state index contributed by atoms with van der Waals surface area (Å²) in [6.07, 6.45) is 0.161. The Morgan fingerprint density at radius 1 is 1.48 bits per heavy atom. The van der Waals surface area contributed by atoms with Gasteiger partial charge in [-0.3, -0.25) is 4.79 Å². The van der Waals surface area contributed by atoms with Crippen LogP contribution in [0.15, 0.2) is 24.3 Å². The smallest absolute Gasteiger partial charge is 0.224 e. The third-order valence-corrected chi connectivity index (χ3v) is 5.21. The summed E-state index contributed by atoms with van der Waals surface area (Å²) >= 11 is 0. The Hall–Kier alpha value is -1.60. The number of phenolic OH excluding ortho intramolecular Hbond substituents is 1. The maximum atomic E-state index is 12.1. The van der Waals surface area contributed by atoms with Crippen molar-refractivity contribution in [1.82, 2.24) is 10.2 Å². The molecule has 1 aliphatic rings. The highest BCUT2D eigenvalue weighted by Crippen LogP contribution is 2.13. The van der Waals surface area contributed by atoms with Crippen LogP contribution in [0, 0.1) is 0 Å². The maximum absolute atomic E-state index is 12.1. The van der Waals surface area contributed by atoms with Crippen molar-refractivity contribution in [3.05, 3.63) is 29.8 Å². The topological polar surface area (TPSA) is 86.7 Å². The van der Waals surface area contributed by atoms with E-state index in [1.807, 2.05) is 6.07 Å². The predicted molar refractivity (Wildman–Crippen MR) is 79.6 cm³/mol. The van der Waals surface area contributed by atoms with Crippen LogP contribution in [-0.4, -0.2) is 55.5 Å². The summed E-state index contributed by atoms with van der Waals surface area (Å²) in [4.78, 5) is 13.7. The summed E-state index contributed by atoms with van der Waals surface area (Å²) in [6.45, 7) is 0.781. The van der Waals surface area contributed by atoms with E-state index in [1.165, 1.54) is 4.90 Å². The first-order valence-corrected chi connectivity index (χ1v) is 8.63. The van der Waals surface area contributed by atoms with Gasteiger partial charge in [-0.1, -0.05) is 12.1 Å². The molecule has 21 heavy (non-hydrogen) atoms. The Balaban J connectivity index is 1.90. The van der Waals surface area contributed by atoms with Crippen LogP contribution in [0.2, 0.25) is 0 Å². The van der Waals surface area contributed by atoms with E-state index < -0.39 is 9.84 Å². The Labute approximate surface area is 124 Å². The SMILES string of the molecule is CN(Cc1cccc(O)c1)C(=O)CC1CS(=O)(=O)CCN1. The molecule has 1 aliphatic heterocycles. The Bertz CT molecular complexity index is 615. The first kappa shape index (κ1) is 15.8. The average molecular weight is 312 g/mol. The van der Waals surface area contributed by atoms with E-state index in [0.717, 1.165) is 5.56 Å². The maximum Gasteiger partial charge on any atom is 0.224 e. The quantitative estimate of drug-likeness (QED) is 0.825. The van der Waals surface area contributed by atoms with Gasteiger partial charge in [0.1, 0.15) is 5.75 Å². The van der Waals surface area contributed by atoms with Crippen molar-refractivity contribution in [2.45, 2.75) is 19.0 Å². The molecule has 6 nitrogen and oxygen atoms in total. The normalized spacial score (nSPS) is 20.9. The Morgan fingerprint density at radius 2 is 2.24 bits per heavy atom. The van der Waals surface area contributed by atoms with Crippen molar-refractivity contribution >= 4 is 15.7 Å². The Kier molecular flexibility index (Phi) is 4.84. The fraction of sp³-hybridized carbons (Fsp3) is 0.500. The summed E-state index contributed by atoms with van der Waals surface area (Å²) in [5, 5.41) is 12.5. The minimum atomic E-state index is -3.03. The molecule has 1 atom stereocenters. The number of amides is 1. The minimum Gasteiger partial charge on any atom is -0.508 e. The molecule has 116 valence electrons. The van der Waals surface area contributed by atoms with Gasteiger partial charge in [0.05, 0.1) is 11.5 Å². The first-order chi connectivity index (χ1) is 9.85. The molecule has 0 spiro atoms. The van der Waals surface area contributed by atoms with E-state index in [-0.39, 0.29) is 35.6 Å². The molecule has 0 aliphatic carbocycles. The number of benzene rings is 1. The fourth-order valence-corrected chi connectivity index (χ4v) is 3.83. The van der Waals surface area contributed by atoms with Gasteiger partial charge in [0.25, 0.3) is 0 Å². The lowest BCUT2D eigenvalue weighted by atomic mass is 10.1. The summed E-state index contributed by atoms with van der Waals surface area (Å²) < 4.78 is 23.1. The van der Waals surface area contributed by atoms with Crippen LogP contribution in [0.5, 0.6) is 5.75 Å². The van der Waals surface area contributed by atoms with Crippen LogP contribution in [-0.2, 0) is 21.2 Å². The van der Waals surface area contributed by atoms with Crippen LogP contribution < -0.4 is 5.32 Å². The van der Waals surface area contributed by atoms with Crippen molar-refractivity contribution in [2.24, 2.45) is 0 Å². The van der Waals surface area contributed by atoms with Crippen LogP contribution in [0.1, 0.15) is 12.0 Å². The summed E-state index contributed by atoms with van der Waals surface area (Å²) in [5.41, 5.74) is 0.829.